The molecule has 0 aliphatic heterocycles. The van der Waals surface area contributed by atoms with Gasteiger partial charge in [-0.1, -0.05) is 18.2 Å². The predicted octanol–water partition coefficient (Wildman–Crippen LogP) is 2.68. The second kappa shape index (κ2) is 3.33. The molecule has 0 rings (SSSR count). The standard InChI is InChI=1S/C6H7F3/c1-2-3-4-5-6(7,8)9/h2-5H,1H3/b3-2+,5-4+. The molecule has 0 aromatic carbocycles. The van der Waals surface area contributed by atoms with Gasteiger partial charge in [0.25, 0.3) is 0 Å². The van der Waals surface area contributed by atoms with Gasteiger partial charge in [0, 0.05) is 6.08 Å². The zero-order valence-electron chi connectivity index (χ0n) is 4.94. The van der Waals surface area contributed by atoms with Crippen LogP contribution in [0.4, 0.5) is 13.2 Å². The van der Waals surface area contributed by atoms with Gasteiger partial charge in [-0.25, -0.2) is 0 Å². The Kier molecular flexibility index (Phi) is 3.06. The fourth-order valence-electron chi connectivity index (χ4n) is 0.276. The first-order chi connectivity index (χ1) is 4.06. The van der Waals surface area contributed by atoms with E-state index in [4.69, 9.17) is 0 Å². The molecule has 0 radical (unpaired) electrons. The maximum absolute atomic E-state index is 11.3. The van der Waals surface area contributed by atoms with Gasteiger partial charge in [-0.15, -0.1) is 0 Å². The first kappa shape index (κ1) is 8.27. The summed E-state index contributed by atoms with van der Waals surface area (Å²) in [4.78, 5) is 0. The van der Waals surface area contributed by atoms with E-state index >= 15 is 0 Å². The molecule has 0 amide bonds. The van der Waals surface area contributed by atoms with Crippen LogP contribution in [0.5, 0.6) is 0 Å². The summed E-state index contributed by atoms with van der Waals surface area (Å²) in [6.07, 6.45) is -0.178. The Bertz CT molecular complexity index is 119. The fourth-order valence-corrected chi connectivity index (χ4v) is 0.276. The van der Waals surface area contributed by atoms with Gasteiger partial charge in [-0.3, -0.25) is 0 Å². The third-order valence-electron chi connectivity index (χ3n) is 0.589. The summed E-state index contributed by atoms with van der Waals surface area (Å²) >= 11 is 0. The van der Waals surface area contributed by atoms with E-state index in [0.29, 0.717) is 0 Å². The minimum atomic E-state index is -4.18. The second-order valence-corrected chi connectivity index (χ2v) is 1.43. The quantitative estimate of drug-likeness (QED) is 0.486. The summed E-state index contributed by atoms with van der Waals surface area (Å²) in [5.41, 5.74) is 0. The molecule has 0 fully saturated rings. The van der Waals surface area contributed by atoms with E-state index in [1.807, 2.05) is 0 Å². The minimum Gasteiger partial charge on any atom is -0.167 e. The molecule has 0 aromatic rings. The van der Waals surface area contributed by atoms with Gasteiger partial charge in [0.15, 0.2) is 0 Å². The SMILES string of the molecule is C/C=C/C=C/C(F)(F)F. The third-order valence-corrected chi connectivity index (χ3v) is 0.589. The van der Waals surface area contributed by atoms with Gasteiger partial charge >= 0.3 is 6.18 Å². The van der Waals surface area contributed by atoms with Gasteiger partial charge in [0.2, 0.25) is 0 Å². The fraction of sp³-hybridized carbons (Fsp3) is 0.333. The lowest BCUT2D eigenvalue weighted by atomic mass is 10.4. The lowest BCUT2D eigenvalue weighted by molar-refractivity contribution is -0.0798. The van der Waals surface area contributed by atoms with E-state index in [2.05, 4.69) is 0 Å². The van der Waals surface area contributed by atoms with Crippen LogP contribution in [0.25, 0.3) is 0 Å². The average molecular weight is 136 g/mol. The van der Waals surface area contributed by atoms with Crippen molar-refractivity contribution in [1.82, 2.24) is 0 Å². The van der Waals surface area contributed by atoms with Crippen molar-refractivity contribution in [2.24, 2.45) is 0 Å². The molecule has 3 heteroatoms. The van der Waals surface area contributed by atoms with Crippen LogP contribution in [0.3, 0.4) is 0 Å². The van der Waals surface area contributed by atoms with Gasteiger partial charge in [0.05, 0.1) is 0 Å². The van der Waals surface area contributed by atoms with E-state index in [1.165, 1.54) is 12.2 Å². The highest BCUT2D eigenvalue weighted by Gasteiger charge is 2.20. The van der Waals surface area contributed by atoms with Crippen LogP contribution in [-0.2, 0) is 0 Å². The van der Waals surface area contributed by atoms with Crippen molar-refractivity contribution < 1.29 is 13.2 Å². The molecular formula is C6H7F3. The summed E-state index contributed by atoms with van der Waals surface area (Å²) < 4.78 is 33.8. The monoisotopic (exact) mass is 136 g/mol. The molecule has 0 spiro atoms. The van der Waals surface area contributed by atoms with Crippen LogP contribution in [0.2, 0.25) is 0 Å². The molecule has 0 saturated carbocycles. The number of hydrogen-bond acceptors (Lipinski definition) is 0. The van der Waals surface area contributed by atoms with Crippen molar-refractivity contribution in [3.63, 3.8) is 0 Å². The molecule has 0 atom stereocenters. The van der Waals surface area contributed by atoms with Crippen molar-refractivity contribution in [3.05, 3.63) is 24.3 Å². The zero-order valence-corrected chi connectivity index (χ0v) is 4.94. The molecule has 0 aromatic heterocycles. The van der Waals surface area contributed by atoms with Crippen molar-refractivity contribution >= 4 is 0 Å². The van der Waals surface area contributed by atoms with E-state index in [0.717, 1.165) is 6.08 Å². The molecule has 0 N–H and O–H groups in total. The van der Waals surface area contributed by atoms with Gasteiger partial charge in [0.1, 0.15) is 0 Å². The molecule has 0 saturated heterocycles. The van der Waals surface area contributed by atoms with Gasteiger partial charge < -0.3 is 0 Å². The van der Waals surface area contributed by atoms with Crippen LogP contribution >= 0.6 is 0 Å². The molecule has 52 valence electrons. The number of allylic oxidation sites excluding steroid dienone is 4. The molecule has 0 aliphatic rings. The highest BCUT2D eigenvalue weighted by molar-refractivity contribution is 5.03. The summed E-state index contributed by atoms with van der Waals surface area (Å²) in [7, 11) is 0. The highest BCUT2D eigenvalue weighted by Crippen LogP contribution is 2.15. The normalized spacial score (nSPS) is 13.8. The van der Waals surface area contributed by atoms with Gasteiger partial charge in [-0.05, 0) is 6.92 Å². The Hall–Kier alpha value is -0.730. The largest absolute Gasteiger partial charge is 0.409 e. The molecule has 0 bridgehead atoms. The van der Waals surface area contributed by atoms with E-state index in [1.54, 1.807) is 6.92 Å². The maximum Gasteiger partial charge on any atom is 0.409 e. The van der Waals surface area contributed by atoms with Crippen LogP contribution < -0.4 is 0 Å². The van der Waals surface area contributed by atoms with Crippen molar-refractivity contribution in [2.75, 3.05) is 0 Å². The molecule has 0 aliphatic carbocycles. The number of hydrogen-bond donors (Lipinski definition) is 0. The van der Waals surface area contributed by atoms with Crippen LogP contribution in [-0.4, -0.2) is 6.18 Å². The lowest BCUT2D eigenvalue weighted by Crippen LogP contribution is -1.99. The second-order valence-electron chi connectivity index (χ2n) is 1.43. The smallest absolute Gasteiger partial charge is 0.167 e. The molecule has 9 heavy (non-hydrogen) atoms. The third kappa shape index (κ3) is 7.27. The van der Waals surface area contributed by atoms with Crippen LogP contribution in [0.15, 0.2) is 24.3 Å². The maximum atomic E-state index is 11.3. The Balaban J connectivity index is 3.71. The van der Waals surface area contributed by atoms with E-state index in [9.17, 15) is 13.2 Å². The first-order valence-corrected chi connectivity index (χ1v) is 2.43. The topological polar surface area (TPSA) is 0 Å². The van der Waals surface area contributed by atoms with E-state index in [-0.39, 0.29) is 6.08 Å². The molecule has 0 unspecified atom stereocenters. The average Bonchev–Trinajstić information content (AvgIpc) is 1.63. The lowest BCUT2D eigenvalue weighted by Gasteiger charge is -1.93. The highest BCUT2D eigenvalue weighted by atomic mass is 19.4. The van der Waals surface area contributed by atoms with Crippen LogP contribution in [0.1, 0.15) is 6.92 Å². The molecular weight excluding hydrogens is 129 g/mol. The zero-order chi connectivity index (χ0) is 7.33. The number of halogens is 3. The number of rotatable bonds is 1. The Labute approximate surface area is 51.7 Å². The Morgan fingerprint density at radius 3 is 2.00 bits per heavy atom. The summed E-state index contributed by atoms with van der Waals surface area (Å²) in [5.74, 6) is 0. The summed E-state index contributed by atoms with van der Waals surface area (Å²) in [6, 6.07) is 0. The van der Waals surface area contributed by atoms with Gasteiger partial charge in [-0.2, -0.15) is 13.2 Å². The Morgan fingerprint density at radius 1 is 1.11 bits per heavy atom. The summed E-state index contributed by atoms with van der Waals surface area (Å²) in [6.45, 7) is 1.65. The summed E-state index contributed by atoms with van der Waals surface area (Å²) in [5, 5.41) is 0. The van der Waals surface area contributed by atoms with E-state index < -0.39 is 6.18 Å². The van der Waals surface area contributed by atoms with Crippen LogP contribution in [0, 0.1) is 0 Å². The van der Waals surface area contributed by atoms with Crippen molar-refractivity contribution in [3.8, 4) is 0 Å². The Morgan fingerprint density at radius 2 is 1.67 bits per heavy atom. The number of alkyl halides is 3. The predicted molar refractivity (Wildman–Crippen MR) is 30.0 cm³/mol. The van der Waals surface area contributed by atoms with Crippen molar-refractivity contribution in [2.45, 2.75) is 13.1 Å². The molecule has 0 nitrogen and oxygen atoms in total. The van der Waals surface area contributed by atoms with Crippen molar-refractivity contribution in [1.29, 1.82) is 0 Å². The first-order valence-electron chi connectivity index (χ1n) is 2.43. The molecule has 0 heterocycles. The minimum absolute atomic E-state index is 0.188.